The first-order valence-corrected chi connectivity index (χ1v) is 27.9. The Morgan fingerprint density at radius 1 is 0.291 bits per heavy atom. The third kappa shape index (κ3) is 5.12. The molecule has 15 aromatic rings. The lowest BCUT2D eigenvalue weighted by atomic mass is 9.72. The van der Waals surface area contributed by atoms with Gasteiger partial charge < -0.3 is 8.80 Å². The Morgan fingerprint density at radius 2 is 0.620 bits per heavy atom. The number of carbonyl (C=O) groups is 2. The van der Waals surface area contributed by atoms with Gasteiger partial charge in [-0.05, 0) is 170 Å². The standard InChI is InChI=1S/C75H46N2O2/c1-37-25-38(2)67(39(3)26-37)42-29-59-52-32-56-62(75(79)71-49-23-13-9-19-45(49)69(56)46-20-10-14-24-50(46)71)36-66(52)77-64-33-53-58-28-41(40-15-5-4-6-16-40)27-57-51-31-55-61(35-65(51)76(72(57)58)63(53)34-54(64)60(30-42)73(59)77)74(78)70-47-21-11-7-17-43(47)68(55)44-18-8-12-22-48(44)70/h4-36,68-71H,1-3H3. The summed E-state index contributed by atoms with van der Waals surface area (Å²) >= 11 is 0. The number of Topliss-reactive ketones (excluding diaryl/α,β-unsaturated/α-hetero) is 2. The lowest BCUT2D eigenvalue weighted by molar-refractivity contribution is 0.0966. The lowest BCUT2D eigenvalue weighted by Crippen LogP contribution is -2.19. The number of ketones is 2. The molecule has 0 N–H and O–H groups in total. The monoisotopic (exact) mass is 1010 g/mol. The van der Waals surface area contributed by atoms with Gasteiger partial charge >= 0.3 is 0 Å². The van der Waals surface area contributed by atoms with Crippen LogP contribution in [-0.2, 0) is 0 Å². The molecule has 0 amide bonds. The molecule has 4 heterocycles. The number of nitrogens with zero attached hydrogens (tertiary/aromatic N) is 2. The van der Waals surface area contributed by atoms with Gasteiger partial charge in [0.1, 0.15) is 0 Å². The zero-order valence-corrected chi connectivity index (χ0v) is 43.6. The van der Waals surface area contributed by atoms with Crippen molar-refractivity contribution in [1.82, 2.24) is 8.80 Å². The van der Waals surface area contributed by atoms with Gasteiger partial charge in [0, 0.05) is 66.1 Å². The van der Waals surface area contributed by atoms with E-state index < -0.39 is 0 Å². The van der Waals surface area contributed by atoms with E-state index in [1.807, 2.05) is 0 Å². The number of hydrogen-bond acceptors (Lipinski definition) is 2. The number of aryl methyl sites for hydroxylation is 3. The number of rotatable bonds is 2. The molecule has 6 aliphatic carbocycles. The molecular formula is C75H46N2O2. The van der Waals surface area contributed by atoms with Gasteiger partial charge in [-0.1, -0.05) is 145 Å². The van der Waals surface area contributed by atoms with Crippen molar-refractivity contribution in [2.45, 2.75) is 44.4 Å². The van der Waals surface area contributed by atoms with E-state index in [4.69, 9.17) is 0 Å². The Hall–Kier alpha value is -9.64. The summed E-state index contributed by atoms with van der Waals surface area (Å²) in [5, 5.41) is 9.36. The number of fused-ring (bicyclic) bond motifs is 12. The SMILES string of the molecule is Cc1cc(C)c(-c2cc3c4cc5c(cc4n4c6cc7c8cc(-c9ccccc9)cc9c%10cc%11c(cc%10n(c7cc6c(c2)c34)c98)C(=O)C2c3ccccc3C%11c3ccccc32)C(=O)C2c3ccccc3C5c3ccccc32)c(C)c1. The Bertz CT molecular complexity index is 5240. The van der Waals surface area contributed by atoms with Crippen molar-refractivity contribution >= 4 is 87.8 Å². The van der Waals surface area contributed by atoms with Crippen LogP contribution in [0, 0.1) is 20.8 Å². The van der Waals surface area contributed by atoms with Crippen molar-refractivity contribution in [3.8, 4) is 22.3 Å². The molecule has 4 nitrogen and oxygen atoms in total. The highest BCUT2D eigenvalue weighted by atomic mass is 16.1. The highest BCUT2D eigenvalue weighted by Gasteiger charge is 2.45. The Labute approximate surface area is 454 Å². The van der Waals surface area contributed by atoms with Crippen LogP contribution in [0.2, 0.25) is 0 Å². The highest BCUT2D eigenvalue weighted by molar-refractivity contribution is 6.31. The first kappa shape index (κ1) is 42.5. The average Bonchev–Trinajstić information content (AvgIpc) is 3.63. The van der Waals surface area contributed by atoms with Crippen molar-refractivity contribution in [2.24, 2.45) is 0 Å². The fraction of sp³-hybridized carbons (Fsp3) is 0.0933. The molecule has 0 radical (unpaired) electrons. The van der Waals surface area contributed by atoms with Crippen LogP contribution in [0.25, 0.3) is 98.4 Å². The molecule has 11 aromatic carbocycles. The van der Waals surface area contributed by atoms with Crippen LogP contribution >= 0.6 is 0 Å². The van der Waals surface area contributed by atoms with E-state index in [1.54, 1.807) is 0 Å². The topological polar surface area (TPSA) is 43.0 Å². The summed E-state index contributed by atoms with van der Waals surface area (Å²) in [4.78, 5) is 31.0. The highest BCUT2D eigenvalue weighted by Crippen LogP contribution is 2.56. The van der Waals surface area contributed by atoms with Gasteiger partial charge in [-0.15, -0.1) is 0 Å². The molecule has 0 unspecified atom stereocenters. The smallest absolute Gasteiger partial charge is 0.175 e. The summed E-state index contributed by atoms with van der Waals surface area (Å²) in [6.45, 7) is 6.68. The molecule has 0 spiro atoms. The van der Waals surface area contributed by atoms with Crippen LogP contribution in [0.5, 0.6) is 0 Å². The van der Waals surface area contributed by atoms with Crippen LogP contribution in [0.4, 0.5) is 0 Å². The molecule has 4 aromatic heterocycles. The molecule has 79 heavy (non-hydrogen) atoms. The zero-order chi connectivity index (χ0) is 52.0. The minimum absolute atomic E-state index is 0.0608. The fourth-order valence-corrected chi connectivity index (χ4v) is 16.5. The molecule has 4 bridgehead atoms. The zero-order valence-electron chi connectivity index (χ0n) is 43.6. The van der Waals surface area contributed by atoms with E-state index in [-0.39, 0.29) is 35.2 Å². The molecule has 0 saturated carbocycles. The van der Waals surface area contributed by atoms with Crippen molar-refractivity contribution in [3.63, 3.8) is 0 Å². The predicted molar refractivity (Wildman–Crippen MR) is 321 cm³/mol. The van der Waals surface area contributed by atoms with Gasteiger partial charge in [0.2, 0.25) is 0 Å². The van der Waals surface area contributed by atoms with Gasteiger partial charge in [0.15, 0.2) is 11.6 Å². The number of aromatic nitrogens is 2. The Balaban J connectivity index is 0.952. The maximum Gasteiger partial charge on any atom is 0.175 e. The molecule has 0 aliphatic heterocycles. The molecule has 21 rings (SSSR count). The summed E-state index contributed by atoms with van der Waals surface area (Å²) in [6.07, 6.45) is 0. The van der Waals surface area contributed by atoms with Crippen molar-refractivity contribution in [3.05, 3.63) is 284 Å². The van der Waals surface area contributed by atoms with E-state index in [0.29, 0.717) is 0 Å². The largest absolute Gasteiger partial charge is 0.308 e. The van der Waals surface area contributed by atoms with Crippen LogP contribution in [0.15, 0.2) is 200 Å². The molecule has 4 heteroatoms. The first-order valence-electron chi connectivity index (χ1n) is 27.9. The van der Waals surface area contributed by atoms with E-state index in [1.165, 1.54) is 82.6 Å². The maximum atomic E-state index is 15.5. The number of benzene rings is 11. The van der Waals surface area contributed by atoms with E-state index in [2.05, 4.69) is 230 Å². The second-order valence-corrected chi connectivity index (χ2v) is 23.4. The van der Waals surface area contributed by atoms with Crippen LogP contribution in [-0.4, -0.2) is 20.4 Å². The maximum absolute atomic E-state index is 15.5. The average molecular weight is 1010 g/mol. The third-order valence-corrected chi connectivity index (χ3v) is 19.5. The predicted octanol–water partition coefficient (Wildman–Crippen LogP) is 17.9. The second-order valence-electron chi connectivity index (χ2n) is 23.4. The van der Waals surface area contributed by atoms with Gasteiger partial charge in [0.25, 0.3) is 0 Å². The third-order valence-electron chi connectivity index (χ3n) is 19.5. The Morgan fingerprint density at radius 3 is 1.01 bits per heavy atom. The van der Waals surface area contributed by atoms with Gasteiger partial charge in [-0.25, -0.2) is 0 Å². The van der Waals surface area contributed by atoms with Crippen LogP contribution in [0.3, 0.4) is 0 Å². The van der Waals surface area contributed by atoms with Crippen molar-refractivity contribution in [1.29, 1.82) is 0 Å². The quantitative estimate of drug-likeness (QED) is 0.173. The number of carbonyl (C=O) groups excluding carboxylic acids is 2. The molecule has 0 atom stereocenters. The van der Waals surface area contributed by atoms with E-state index >= 15 is 9.59 Å². The summed E-state index contributed by atoms with van der Waals surface area (Å²) in [5.41, 5.74) is 28.4. The fourth-order valence-electron chi connectivity index (χ4n) is 16.5. The molecule has 6 aliphatic rings. The summed E-state index contributed by atoms with van der Waals surface area (Å²) in [5.74, 6) is -0.536. The van der Waals surface area contributed by atoms with E-state index in [0.717, 1.165) is 99.2 Å². The second kappa shape index (κ2) is 14.5. The normalized spacial score (nSPS) is 17.9. The lowest BCUT2D eigenvalue weighted by Gasteiger charge is -2.30. The summed E-state index contributed by atoms with van der Waals surface area (Å²) < 4.78 is 4.97. The summed E-state index contributed by atoms with van der Waals surface area (Å²) in [6, 6.07) is 73.8. The minimum Gasteiger partial charge on any atom is -0.308 e. The van der Waals surface area contributed by atoms with Crippen molar-refractivity contribution in [2.75, 3.05) is 0 Å². The molecular weight excluding hydrogens is 961 g/mol. The molecule has 0 fully saturated rings. The van der Waals surface area contributed by atoms with Crippen LogP contribution in [0.1, 0.15) is 117 Å². The molecule has 368 valence electrons. The van der Waals surface area contributed by atoms with Crippen LogP contribution < -0.4 is 0 Å². The van der Waals surface area contributed by atoms with Gasteiger partial charge in [-0.2, -0.15) is 0 Å². The van der Waals surface area contributed by atoms with Gasteiger partial charge in [0.05, 0.1) is 44.9 Å². The summed E-state index contributed by atoms with van der Waals surface area (Å²) in [7, 11) is 0. The Kier molecular flexibility index (Phi) is 7.78. The van der Waals surface area contributed by atoms with E-state index in [9.17, 15) is 0 Å². The molecule has 0 saturated heterocycles. The minimum atomic E-state index is -0.370. The number of hydrogen-bond donors (Lipinski definition) is 0. The first-order chi connectivity index (χ1) is 38.8. The van der Waals surface area contributed by atoms with Gasteiger partial charge in [-0.3, -0.25) is 9.59 Å². The van der Waals surface area contributed by atoms with Crippen molar-refractivity contribution < 1.29 is 9.59 Å².